The number of amides is 1. The zero-order valence-corrected chi connectivity index (χ0v) is 13.2. The molecule has 118 valence electrons. The van der Waals surface area contributed by atoms with Crippen molar-refractivity contribution in [3.63, 3.8) is 0 Å². The Bertz CT molecular complexity index is 632. The number of aryl methyl sites for hydroxylation is 2. The third-order valence-electron chi connectivity index (χ3n) is 3.51. The van der Waals surface area contributed by atoms with Gasteiger partial charge in [0.05, 0.1) is 18.7 Å². The van der Waals surface area contributed by atoms with Crippen molar-refractivity contribution in [1.82, 2.24) is 10.3 Å². The summed E-state index contributed by atoms with van der Waals surface area (Å²) in [5, 5.41) is 11.6. The third-order valence-corrected chi connectivity index (χ3v) is 3.51. The Morgan fingerprint density at radius 1 is 1.36 bits per heavy atom. The van der Waals surface area contributed by atoms with Crippen LogP contribution in [0.2, 0.25) is 0 Å². The van der Waals surface area contributed by atoms with Crippen molar-refractivity contribution in [2.45, 2.75) is 39.7 Å². The van der Waals surface area contributed by atoms with Gasteiger partial charge in [0.25, 0.3) is 0 Å². The van der Waals surface area contributed by atoms with Gasteiger partial charge in [-0.15, -0.1) is 0 Å². The summed E-state index contributed by atoms with van der Waals surface area (Å²) >= 11 is 0. The van der Waals surface area contributed by atoms with Gasteiger partial charge in [-0.1, -0.05) is 19.1 Å². The molecule has 0 radical (unpaired) electrons. The molecular formula is C17H22N2O3. The van der Waals surface area contributed by atoms with Crippen molar-refractivity contribution in [2.75, 3.05) is 6.61 Å². The number of nitrogens with one attached hydrogen (secondary N) is 1. The van der Waals surface area contributed by atoms with E-state index >= 15 is 0 Å². The molecule has 0 aliphatic carbocycles. The summed E-state index contributed by atoms with van der Waals surface area (Å²) < 4.78 is 5.67. The Labute approximate surface area is 130 Å². The number of hydrogen-bond acceptors (Lipinski definition) is 4. The first kappa shape index (κ1) is 16.2. The van der Waals surface area contributed by atoms with Crippen molar-refractivity contribution in [2.24, 2.45) is 0 Å². The van der Waals surface area contributed by atoms with E-state index in [1.54, 1.807) is 13.8 Å². The van der Waals surface area contributed by atoms with Gasteiger partial charge in [-0.2, -0.15) is 0 Å². The van der Waals surface area contributed by atoms with E-state index < -0.39 is 0 Å². The standard InChI is InChI=1S/C17H22N2O3/c1-4-13-5-7-14(8-6-13)17-19-15(12(3)22-17)9-16(21)18-11(2)10-20/h5-8,11,20H,4,9-10H2,1-3H3,(H,18,21). The van der Waals surface area contributed by atoms with Crippen molar-refractivity contribution in [3.05, 3.63) is 41.3 Å². The molecule has 0 saturated heterocycles. The van der Waals surface area contributed by atoms with Crippen molar-refractivity contribution in [1.29, 1.82) is 0 Å². The van der Waals surface area contributed by atoms with E-state index in [9.17, 15) is 4.79 Å². The SMILES string of the molecule is CCc1ccc(-c2nc(CC(=O)NC(C)CO)c(C)o2)cc1. The summed E-state index contributed by atoms with van der Waals surface area (Å²) in [7, 11) is 0. The fourth-order valence-electron chi connectivity index (χ4n) is 2.12. The second-order valence-electron chi connectivity index (χ2n) is 5.40. The summed E-state index contributed by atoms with van der Waals surface area (Å²) in [6.45, 7) is 5.57. The highest BCUT2D eigenvalue weighted by Crippen LogP contribution is 2.22. The predicted molar refractivity (Wildman–Crippen MR) is 84.4 cm³/mol. The first-order chi connectivity index (χ1) is 10.5. The van der Waals surface area contributed by atoms with Gasteiger partial charge in [-0.25, -0.2) is 4.98 Å². The monoisotopic (exact) mass is 302 g/mol. The molecule has 2 N–H and O–H groups in total. The van der Waals surface area contributed by atoms with Crippen LogP contribution in [0.25, 0.3) is 11.5 Å². The van der Waals surface area contributed by atoms with Gasteiger partial charge in [-0.05, 0) is 38.0 Å². The van der Waals surface area contributed by atoms with Crippen LogP contribution in [0, 0.1) is 6.92 Å². The zero-order valence-electron chi connectivity index (χ0n) is 13.2. The lowest BCUT2D eigenvalue weighted by molar-refractivity contribution is -0.121. The van der Waals surface area contributed by atoms with Crippen LogP contribution in [0.4, 0.5) is 0 Å². The van der Waals surface area contributed by atoms with Gasteiger partial charge in [-0.3, -0.25) is 4.79 Å². The van der Waals surface area contributed by atoms with Crippen LogP contribution in [-0.4, -0.2) is 28.6 Å². The van der Waals surface area contributed by atoms with Crippen LogP contribution in [0.5, 0.6) is 0 Å². The molecule has 0 spiro atoms. The summed E-state index contributed by atoms with van der Waals surface area (Å²) in [5.41, 5.74) is 2.78. The number of aliphatic hydroxyl groups excluding tert-OH is 1. The number of carbonyl (C=O) groups excluding carboxylic acids is 1. The highest BCUT2D eigenvalue weighted by atomic mass is 16.4. The second-order valence-corrected chi connectivity index (χ2v) is 5.40. The summed E-state index contributed by atoms with van der Waals surface area (Å²) in [6, 6.07) is 7.78. The average Bonchev–Trinajstić information content (AvgIpc) is 2.88. The average molecular weight is 302 g/mol. The molecule has 2 aromatic rings. The van der Waals surface area contributed by atoms with Gasteiger partial charge in [0.1, 0.15) is 5.76 Å². The predicted octanol–water partition coefficient (Wildman–Crippen LogP) is 2.25. The smallest absolute Gasteiger partial charge is 0.226 e. The molecule has 1 heterocycles. The van der Waals surface area contributed by atoms with Gasteiger partial charge in [0, 0.05) is 11.6 Å². The Morgan fingerprint density at radius 2 is 2.05 bits per heavy atom. The van der Waals surface area contributed by atoms with Crippen LogP contribution in [0.3, 0.4) is 0 Å². The number of benzene rings is 1. The maximum atomic E-state index is 11.9. The van der Waals surface area contributed by atoms with E-state index in [0.717, 1.165) is 12.0 Å². The zero-order chi connectivity index (χ0) is 16.1. The molecule has 1 unspecified atom stereocenters. The third kappa shape index (κ3) is 3.95. The van der Waals surface area contributed by atoms with E-state index in [0.29, 0.717) is 17.3 Å². The van der Waals surface area contributed by atoms with Gasteiger partial charge in [0.2, 0.25) is 11.8 Å². The van der Waals surface area contributed by atoms with Crippen molar-refractivity contribution >= 4 is 5.91 Å². The van der Waals surface area contributed by atoms with E-state index in [2.05, 4.69) is 17.2 Å². The molecule has 22 heavy (non-hydrogen) atoms. The number of aliphatic hydroxyl groups is 1. The first-order valence-corrected chi connectivity index (χ1v) is 7.49. The Balaban J connectivity index is 2.11. The number of carbonyl (C=O) groups is 1. The molecule has 0 saturated carbocycles. The lowest BCUT2D eigenvalue weighted by Crippen LogP contribution is -2.36. The van der Waals surface area contributed by atoms with Gasteiger partial charge >= 0.3 is 0 Å². The van der Waals surface area contributed by atoms with Gasteiger partial charge in [0.15, 0.2) is 0 Å². The maximum absolute atomic E-state index is 11.9. The molecule has 1 aromatic heterocycles. The number of rotatable bonds is 6. The van der Waals surface area contributed by atoms with Crippen molar-refractivity contribution < 1.29 is 14.3 Å². The molecule has 1 amide bonds. The number of oxazole rings is 1. The Kier molecular flexibility index (Phi) is 5.33. The molecular weight excluding hydrogens is 280 g/mol. The van der Waals surface area contributed by atoms with Crippen LogP contribution < -0.4 is 5.32 Å². The van der Waals surface area contributed by atoms with E-state index in [-0.39, 0.29) is 25.0 Å². The lowest BCUT2D eigenvalue weighted by Gasteiger charge is -2.09. The van der Waals surface area contributed by atoms with Crippen LogP contribution >= 0.6 is 0 Å². The highest BCUT2D eigenvalue weighted by Gasteiger charge is 2.15. The van der Waals surface area contributed by atoms with Gasteiger partial charge < -0.3 is 14.8 Å². The minimum absolute atomic E-state index is 0.0848. The maximum Gasteiger partial charge on any atom is 0.226 e. The Hall–Kier alpha value is -2.14. The molecule has 0 fully saturated rings. The normalized spacial score (nSPS) is 12.2. The molecule has 5 heteroatoms. The summed E-state index contributed by atoms with van der Waals surface area (Å²) in [4.78, 5) is 16.3. The molecule has 1 aromatic carbocycles. The second kappa shape index (κ2) is 7.22. The topological polar surface area (TPSA) is 75.4 Å². The minimum atomic E-state index is -0.263. The minimum Gasteiger partial charge on any atom is -0.441 e. The van der Waals surface area contributed by atoms with E-state index in [4.69, 9.17) is 9.52 Å². The molecule has 2 rings (SSSR count). The number of hydrogen-bond donors (Lipinski definition) is 2. The summed E-state index contributed by atoms with van der Waals surface area (Å²) in [5.74, 6) is 0.991. The highest BCUT2D eigenvalue weighted by molar-refractivity contribution is 5.78. The number of aromatic nitrogens is 1. The van der Waals surface area contributed by atoms with Crippen LogP contribution in [0.1, 0.15) is 30.9 Å². The lowest BCUT2D eigenvalue weighted by atomic mass is 10.1. The fourth-order valence-corrected chi connectivity index (χ4v) is 2.12. The fraction of sp³-hybridized carbons (Fsp3) is 0.412. The van der Waals surface area contributed by atoms with E-state index in [1.807, 2.05) is 24.3 Å². The number of nitrogens with zero attached hydrogens (tertiary/aromatic N) is 1. The Morgan fingerprint density at radius 3 is 2.64 bits per heavy atom. The molecule has 0 aliphatic heterocycles. The molecule has 1 atom stereocenters. The first-order valence-electron chi connectivity index (χ1n) is 7.49. The molecule has 5 nitrogen and oxygen atoms in total. The van der Waals surface area contributed by atoms with Crippen molar-refractivity contribution in [3.8, 4) is 11.5 Å². The quantitative estimate of drug-likeness (QED) is 0.858. The molecule has 0 aliphatic rings. The largest absolute Gasteiger partial charge is 0.441 e. The molecule has 0 bridgehead atoms. The van der Waals surface area contributed by atoms with Crippen LogP contribution in [-0.2, 0) is 17.6 Å². The summed E-state index contributed by atoms with van der Waals surface area (Å²) in [6.07, 6.45) is 1.13. The van der Waals surface area contributed by atoms with E-state index in [1.165, 1.54) is 5.56 Å². The van der Waals surface area contributed by atoms with Crippen LogP contribution in [0.15, 0.2) is 28.7 Å².